The second kappa shape index (κ2) is 16.4. The second-order valence-electron chi connectivity index (χ2n) is 19.2. The van der Waals surface area contributed by atoms with E-state index in [1.807, 2.05) is 6.07 Å². The molecule has 0 bridgehead atoms. The number of nitrogens with zero attached hydrogens (tertiary/aromatic N) is 2. The third kappa shape index (κ3) is 6.60. The molecule has 0 saturated carbocycles. The van der Waals surface area contributed by atoms with Crippen molar-refractivity contribution in [2.24, 2.45) is 0 Å². The lowest BCUT2D eigenvalue weighted by Crippen LogP contribution is -2.10. The minimum atomic E-state index is 0.855. The average molecular weight is 929 g/mol. The Morgan fingerprint density at radius 2 is 0.753 bits per heavy atom. The van der Waals surface area contributed by atoms with E-state index < -0.39 is 0 Å². The molecule has 13 aromatic carbocycles. The van der Waals surface area contributed by atoms with Crippen LogP contribution in [0.2, 0.25) is 0 Å². The van der Waals surface area contributed by atoms with Gasteiger partial charge in [0.15, 0.2) is 5.58 Å². The van der Waals surface area contributed by atoms with Gasteiger partial charge >= 0.3 is 0 Å². The van der Waals surface area contributed by atoms with Crippen LogP contribution in [0.1, 0.15) is 0 Å². The van der Waals surface area contributed by atoms with Crippen LogP contribution in [-0.4, -0.2) is 4.57 Å². The number of hydrogen-bond acceptors (Lipinski definition) is 2. The average Bonchev–Trinajstić information content (AvgIpc) is 4.03. The molecule has 0 saturated heterocycles. The molecule has 0 N–H and O–H groups in total. The number of para-hydroxylation sites is 3. The summed E-state index contributed by atoms with van der Waals surface area (Å²) in [5.74, 6) is 0. The van der Waals surface area contributed by atoms with Gasteiger partial charge in [-0.1, -0.05) is 188 Å². The topological polar surface area (TPSA) is 21.3 Å². The zero-order valence-corrected chi connectivity index (χ0v) is 39.7. The van der Waals surface area contributed by atoms with Crippen LogP contribution in [0, 0.1) is 0 Å². The standard InChI is InChI=1S/C70H44N2O/c1-2-16-51(17-3-1)72-66-40-33-49(43-64(66)65-44-50(34-41-67(65)72)55-24-12-15-47-14-4-5-18-54(47)55)46-30-37-53(38-31-46)71(68-26-13-25-62-61-23-10-11-27-69(61)73-70(62)68)52-35-28-45(29-36-52)48-32-39-60-58-21-7-6-19-56(58)57-20-8-9-22-59(57)63(60)42-48/h1-44H. The first-order valence-corrected chi connectivity index (χ1v) is 25.1. The first-order valence-electron chi connectivity index (χ1n) is 25.1. The molecule has 0 atom stereocenters. The van der Waals surface area contributed by atoms with Gasteiger partial charge in [-0.3, -0.25) is 0 Å². The maximum atomic E-state index is 6.72. The van der Waals surface area contributed by atoms with Crippen molar-refractivity contribution in [2.45, 2.75) is 0 Å². The first-order chi connectivity index (χ1) is 36.2. The molecule has 3 nitrogen and oxygen atoms in total. The number of furan rings is 1. The van der Waals surface area contributed by atoms with Crippen molar-refractivity contribution in [1.29, 1.82) is 0 Å². The molecule has 0 aliphatic rings. The number of aromatic nitrogens is 1. The van der Waals surface area contributed by atoms with Crippen LogP contribution in [-0.2, 0) is 0 Å². The highest BCUT2D eigenvalue weighted by atomic mass is 16.3. The van der Waals surface area contributed by atoms with Crippen LogP contribution < -0.4 is 4.90 Å². The quantitative estimate of drug-likeness (QED) is 0.149. The molecule has 73 heavy (non-hydrogen) atoms. The Hall–Kier alpha value is -9.70. The highest BCUT2D eigenvalue weighted by molar-refractivity contribution is 6.26. The summed E-state index contributed by atoms with van der Waals surface area (Å²) in [6, 6.07) is 97.2. The van der Waals surface area contributed by atoms with E-state index >= 15 is 0 Å². The Labute approximate surface area is 421 Å². The van der Waals surface area contributed by atoms with Gasteiger partial charge < -0.3 is 13.9 Å². The highest BCUT2D eigenvalue weighted by Crippen LogP contribution is 2.45. The van der Waals surface area contributed by atoms with Crippen molar-refractivity contribution in [2.75, 3.05) is 4.90 Å². The molecule has 0 amide bonds. The molecule has 340 valence electrons. The number of anilines is 3. The largest absolute Gasteiger partial charge is 0.454 e. The van der Waals surface area contributed by atoms with E-state index in [0.29, 0.717) is 0 Å². The fraction of sp³-hybridized carbons (Fsp3) is 0. The van der Waals surface area contributed by atoms with E-state index in [4.69, 9.17) is 4.42 Å². The number of benzene rings is 13. The molecular weight excluding hydrogens is 885 g/mol. The van der Waals surface area contributed by atoms with Crippen LogP contribution in [0.25, 0.3) is 126 Å². The molecule has 2 aromatic heterocycles. The summed E-state index contributed by atoms with van der Waals surface area (Å²) in [5, 5.41) is 14.8. The smallest absolute Gasteiger partial charge is 0.159 e. The molecule has 0 unspecified atom stereocenters. The fourth-order valence-corrected chi connectivity index (χ4v) is 11.7. The van der Waals surface area contributed by atoms with E-state index in [1.54, 1.807) is 0 Å². The van der Waals surface area contributed by atoms with Gasteiger partial charge in [0.05, 0.1) is 16.7 Å². The zero-order valence-electron chi connectivity index (χ0n) is 39.7. The van der Waals surface area contributed by atoms with Crippen molar-refractivity contribution < 1.29 is 4.42 Å². The molecule has 3 heteroatoms. The molecular formula is C70H44N2O. The van der Waals surface area contributed by atoms with Crippen molar-refractivity contribution in [3.8, 4) is 39.1 Å². The third-order valence-electron chi connectivity index (χ3n) is 15.2. The number of rotatable bonds is 7. The maximum absolute atomic E-state index is 6.72. The summed E-state index contributed by atoms with van der Waals surface area (Å²) >= 11 is 0. The Kier molecular flexibility index (Phi) is 9.26. The zero-order chi connectivity index (χ0) is 48.0. The lowest BCUT2D eigenvalue weighted by molar-refractivity contribution is 0.669. The van der Waals surface area contributed by atoms with Gasteiger partial charge in [-0.15, -0.1) is 0 Å². The Morgan fingerprint density at radius 1 is 0.288 bits per heavy atom. The highest BCUT2D eigenvalue weighted by Gasteiger charge is 2.21. The predicted molar refractivity (Wildman–Crippen MR) is 309 cm³/mol. The summed E-state index contributed by atoms with van der Waals surface area (Å²) in [6.45, 7) is 0. The van der Waals surface area contributed by atoms with Crippen LogP contribution in [0.5, 0.6) is 0 Å². The van der Waals surface area contributed by atoms with Gasteiger partial charge in [0, 0.05) is 38.6 Å². The van der Waals surface area contributed by atoms with E-state index in [2.05, 4.69) is 270 Å². The number of hydrogen-bond donors (Lipinski definition) is 0. The van der Waals surface area contributed by atoms with Gasteiger partial charge in [-0.25, -0.2) is 0 Å². The van der Waals surface area contributed by atoms with Crippen LogP contribution in [0.3, 0.4) is 0 Å². The SMILES string of the molecule is c1ccc(-n2c3ccc(-c4ccc(N(c5ccc(-c6ccc7c8ccccc8c8ccccc8c7c6)cc5)c5cccc6c5oc5ccccc56)cc4)cc3c3cc(-c4cccc5ccccc45)ccc32)cc1. The molecule has 0 aliphatic heterocycles. The Bertz CT molecular complexity index is 4620. The van der Waals surface area contributed by atoms with E-state index in [9.17, 15) is 0 Å². The van der Waals surface area contributed by atoms with Gasteiger partial charge in [0.1, 0.15) is 5.58 Å². The van der Waals surface area contributed by atoms with Crippen LogP contribution >= 0.6 is 0 Å². The van der Waals surface area contributed by atoms with Crippen molar-refractivity contribution in [3.63, 3.8) is 0 Å². The van der Waals surface area contributed by atoms with Gasteiger partial charge in [0.2, 0.25) is 0 Å². The summed E-state index contributed by atoms with van der Waals surface area (Å²) < 4.78 is 9.12. The van der Waals surface area contributed by atoms with Crippen molar-refractivity contribution in [1.82, 2.24) is 4.57 Å². The molecule has 0 radical (unpaired) electrons. The lowest BCUT2D eigenvalue weighted by atomic mass is 9.92. The third-order valence-corrected chi connectivity index (χ3v) is 15.2. The van der Waals surface area contributed by atoms with Gasteiger partial charge in [-0.05, 0) is 155 Å². The molecule has 15 rings (SSSR count). The maximum Gasteiger partial charge on any atom is 0.159 e. The molecule has 0 spiro atoms. The Balaban J connectivity index is 0.850. The molecule has 2 heterocycles. The minimum absolute atomic E-state index is 0.855. The van der Waals surface area contributed by atoms with Crippen molar-refractivity contribution in [3.05, 3.63) is 267 Å². The lowest BCUT2D eigenvalue weighted by Gasteiger charge is -2.26. The fourth-order valence-electron chi connectivity index (χ4n) is 11.7. The van der Waals surface area contributed by atoms with E-state index in [1.165, 1.54) is 81.6 Å². The van der Waals surface area contributed by atoms with Gasteiger partial charge in [0.25, 0.3) is 0 Å². The summed E-state index contributed by atoms with van der Waals surface area (Å²) in [7, 11) is 0. The van der Waals surface area contributed by atoms with Gasteiger partial charge in [-0.2, -0.15) is 0 Å². The molecule has 0 aliphatic carbocycles. The summed E-state index contributed by atoms with van der Waals surface area (Å²) in [6.07, 6.45) is 0. The predicted octanol–water partition coefficient (Wildman–Crippen LogP) is 19.8. The van der Waals surface area contributed by atoms with Crippen LogP contribution in [0.15, 0.2) is 271 Å². The molecule has 0 fully saturated rings. The second-order valence-corrected chi connectivity index (χ2v) is 19.2. The minimum Gasteiger partial charge on any atom is -0.454 e. The van der Waals surface area contributed by atoms with Crippen LogP contribution in [0.4, 0.5) is 17.1 Å². The van der Waals surface area contributed by atoms with E-state index in [-0.39, 0.29) is 0 Å². The van der Waals surface area contributed by atoms with Crippen molar-refractivity contribution >= 4 is 104 Å². The number of fused-ring (bicyclic) bond motifs is 13. The molecule has 15 aromatic rings. The van der Waals surface area contributed by atoms with E-state index in [0.717, 1.165) is 61.4 Å². The normalized spacial score (nSPS) is 11.8. The monoisotopic (exact) mass is 928 g/mol. The summed E-state index contributed by atoms with van der Waals surface area (Å²) in [5.41, 5.74) is 15.4. The summed E-state index contributed by atoms with van der Waals surface area (Å²) in [4.78, 5) is 2.34. The Morgan fingerprint density at radius 3 is 1.42 bits per heavy atom. The first kappa shape index (κ1) is 41.1.